The fourth-order valence-electron chi connectivity index (χ4n) is 3.89. The van der Waals surface area contributed by atoms with Gasteiger partial charge in [-0.2, -0.15) is 18.4 Å². The number of esters is 1. The molecule has 0 saturated carbocycles. The number of nitriles is 1. The van der Waals surface area contributed by atoms with Crippen molar-refractivity contribution < 1.29 is 22.7 Å². The van der Waals surface area contributed by atoms with E-state index in [9.17, 15) is 18.0 Å². The van der Waals surface area contributed by atoms with Gasteiger partial charge in [-0.25, -0.2) is 9.79 Å². The first-order chi connectivity index (χ1) is 17.2. The molecule has 1 aliphatic rings. The molecule has 1 unspecified atom stereocenters. The number of amidine groups is 1. The third kappa shape index (κ3) is 6.30. The largest absolute Gasteiger partial charge is 0.463 e. The minimum absolute atomic E-state index is 0.140. The Labute approximate surface area is 213 Å². The Morgan fingerprint density at radius 1 is 1.17 bits per heavy atom. The molecule has 0 bridgehead atoms. The number of benzene rings is 2. The molecule has 2 aromatic carbocycles. The molecule has 190 valence electrons. The van der Waals surface area contributed by atoms with E-state index in [1.165, 1.54) is 17.8 Å². The Bertz CT molecular complexity index is 1180. The van der Waals surface area contributed by atoms with E-state index in [0.717, 1.165) is 37.1 Å². The number of carbonyl (C=O) groups is 1. The zero-order chi connectivity index (χ0) is 26.3. The number of carbonyl (C=O) groups excluding carboxylic acids is 1. The van der Waals surface area contributed by atoms with Crippen molar-refractivity contribution in [3.63, 3.8) is 0 Å². The van der Waals surface area contributed by atoms with Gasteiger partial charge in [-0.05, 0) is 56.2 Å². The Hall–Kier alpha value is -3.25. The van der Waals surface area contributed by atoms with Crippen LogP contribution in [-0.4, -0.2) is 23.5 Å². The van der Waals surface area contributed by atoms with Gasteiger partial charge < -0.3 is 4.74 Å². The Morgan fingerprint density at radius 3 is 2.50 bits per heavy atom. The van der Waals surface area contributed by atoms with Gasteiger partial charge in [0, 0.05) is 17.1 Å². The monoisotopic (exact) mass is 515 g/mol. The fourth-order valence-corrected chi connectivity index (χ4v) is 4.97. The van der Waals surface area contributed by atoms with Crippen molar-refractivity contribution in [3.8, 4) is 6.07 Å². The molecule has 2 aromatic rings. The number of allylic oxidation sites excluding steroid dienone is 1. The minimum Gasteiger partial charge on any atom is -0.463 e. The van der Waals surface area contributed by atoms with Crippen LogP contribution in [0.5, 0.6) is 0 Å². The van der Waals surface area contributed by atoms with Crippen LogP contribution in [0.3, 0.4) is 0 Å². The first-order valence-electron chi connectivity index (χ1n) is 11.8. The average Bonchev–Trinajstić information content (AvgIpc) is 2.86. The third-order valence-electron chi connectivity index (χ3n) is 5.69. The smallest absolute Gasteiger partial charge is 0.416 e. The molecule has 9 heteroatoms. The molecular weight excluding hydrogens is 487 g/mol. The second-order valence-electron chi connectivity index (χ2n) is 8.21. The van der Waals surface area contributed by atoms with Crippen LogP contribution in [-0.2, 0) is 15.7 Å². The van der Waals surface area contributed by atoms with Gasteiger partial charge in [0.2, 0.25) is 0 Å². The van der Waals surface area contributed by atoms with Gasteiger partial charge in [0.15, 0.2) is 5.17 Å². The predicted octanol–water partition coefficient (Wildman–Crippen LogP) is 7.25. The molecule has 0 spiro atoms. The molecule has 0 saturated heterocycles. The average molecular weight is 516 g/mol. The van der Waals surface area contributed by atoms with E-state index >= 15 is 0 Å². The van der Waals surface area contributed by atoms with Crippen LogP contribution in [0.25, 0.3) is 0 Å². The van der Waals surface area contributed by atoms with E-state index < -0.39 is 23.8 Å². The summed E-state index contributed by atoms with van der Waals surface area (Å²) < 4.78 is 45.8. The second kappa shape index (κ2) is 12.1. The number of anilines is 1. The van der Waals surface area contributed by atoms with Crippen LogP contribution in [0.4, 0.5) is 18.9 Å². The summed E-state index contributed by atoms with van der Waals surface area (Å²) in [7, 11) is 0. The zero-order valence-electron chi connectivity index (χ0n) is 20.4. The highest BCUT2D eigenvalue weighted by Gasteiger charge is 2.36. The highest BCUT2D eigenvalue weighted by atomic mass is 32.2. The minimum atomic E-state index is -4.51. The lowest BCUT2D eigenvalue weighted by Gasteiger charge is -2.35. The maximum absolute atomic E-state index is 13.5. The van der Waals surface area contributed by atoms with Crippen molar-refractivity contribution in [2.45, 2.75) is 52.3 Å². The fraction of sp³-hybridized carbons (Fsp3) is 0.370. The van der Waals surface area contributed by atoms with E-state index in [1.807, 2.05) is 0 Å². The Balaban J connectivity index is 2.16. The summed E-state index contributed by atoms with van der Waals surface area (Å²) in [5.41, 5.74) is 1.34. The Kier molecular flexibility index (Phi) is 9.21. The molecule has 0 N–H and O–H groups in total. The van der Waals surface area contributed by atoms with E-state index in [2.05, 4.69) is 13.0 Å². The van der Waals surface area contributed by atoms with Gasteiger partial charge >= 0.3 is 12.1 Å². The number of hydrogen-bond acceptors (Lipinski definition) is 6. The number of nitrogens with zero attached hydrogens (tertiary/aromatic N) is 3. The molecule has 0 aliphatic carbocycles. The number of halogens is 3. The van der Waals surface area contributed by atoms with Gasteiger partial charge in [0.05, 0.1) is 29.4 Å². The van der Waals surface area contributed by atoms with Crippen LogP contribution in [0, 0.1) is 11.3 Å². The quantitative estimate of drug-likeness (QED) is 0.274. The number of ether oxygens (including phenoxy) is 1. The highest BCUT2D eigenvalue weighted by Crippen LogP contribution is 2.40. The van der Waals surface area contributed by atoms with Crippen molar-refractivity contribution in [2.75, 3.05) is 17.3 Å². The lowest BCUT2D eigenvalue weighted by atomic mass is 9.95. The highest BCUT2D eigenvalue weighted by molar-refractivity contribution is 8.14. The summed E-state index contributed by atoms with van der Waals surface area (Å²) >= 11 is 1.45. The van der Waals surface area contributed by atoms with Gasteiger partial charge in [-0.3, -0.25) is 4.90 Å². The number of rotatable bonds is 8. The molecule has 0 amide bonds. The number of alkyl halides is 3. The van der Waals surface area contributed by atoms with E-state index in [1.54, 1.807) is 49.1 Å². The number of thioether (sulfide) groups is 1. The maximum Gasteiger partial charge on any atom is 0.416 e. The summed E-state index contributed by atoms with van der Waals surface area (Å²) in [6.07, 6.45) is -1.54. The van der Waals surface area contributed by atoms with Crippen molar-refractivity contribution in [1.82, 2.24) is 0 Å². The molecule has 1 atom stereocenters. The molecule has 0 radical (unpaired) electrons. The zero-order valence-corrected chi connectivity index (χ0v) is 21.2. The van der Waals surface area contributed by atoms with Crippen molar-refractivity contribution in [2.24, 2.45) is 4.99 Å². The Morgan fingerprint density at radius 2 is 1.89 bits per heavy atom. The molecule has 1 aliphatic heterocycles. The lowest BCUT2D eigenvalue weighted by Crippen LogP contribution is -2.35. The summed E-state index contributed by atoms with van der Waals surface area (Å²) in [5, 5.41) is 9.67. The van der Waals surface area contributed by atoms with Crippen LogP contribution in [0.2, 0.25) is 0 Å². The van der Waals surface area contributed by atoms with E-state index in [0.29, 0.717) is 22.0 Å². The van der Waals surface area contributed by atoms with Gasteiger partial charge in [0.25, 0.3) is 0 Å². The summed E-state index contributed by atoms with van der Waals surface area (Å²) in [5.74, 6) is 0.143. The van der Waals surface area contributed by atoms with E-state index in [-0.39, 0.29) is 17.9 Å². The molecular formula is C27H28F3N3O2S. The van der Waals surface area contributed by atoms with Crippen LogP contribution >= 0.6 is 11.8 Å². The van der Waals surface area contributed by atoms with Gasteiger partial charge in [-0.1, -0.05) is 49.7 Å². The van der Waals surface area contributed by atoms with E-state index in [4.69, 9.17) is 15.0 Å². The molecule has 36 heavy (non-hydrogen) atoms. The normalized spacial score (nSPS) is 16.0. The lowest BCUT2D eigenvalue weighted by molar-refractivity contribution is -0.139. The topological polar surface area (TPSA) is 65.7 Å². The SMILES string of the molecule is CCCCCSC1=NC(c2ccc(C#N)cc2)C(C(=O)OCC)=C(C)N1c1cccc(C(F)(F)F)c1. The predicted molar refractivity (Wildman–Crippen MR) is 137 cm³/mol. The van der Waals surface area contributed by atoms with Crippen LogP contribution in [0.15, 0.2) is 64.8 Å². The van der Waals surface area contributed by atoms with Crippen LogP contribution in [0.1, 0.15) is 62.8 Å². The number of unbranched alkanes of at least 4 members (excludes halogenated alkanes) is 2. The first kappa shape index (κ1) is 27.3. The number of aliphatic imine (C=N–C) groups is 1. The van der Waals surface area contributed by atoms with Crippen molar-refractivity contribution in [3.05, 3.63) is 76.5 Å². The summed E-state index contributed by atoms with van der Waals surface area (Å²) in [6, 6.07) is 13.1. The molecule has 0 fully saturated rings. The maximum atomic E-state index is 13.5. The van der Waals surface area contributed by atoms with Gasteiger partial charge in [-0.15, -0.1) is 0 Å². The molecule has 0 aromatic heterocycles. The van der Waals surface area contributed by atoms with Crippen molar-refractivity contribution in [1.29, 1.82) is 5.26 Å². The first-order valence-corrected chi connectivity index (χ1v) is 12.8. The summed E-state index contributed by atoms with van der Waals surface area (Å²) in [6.45, 7) is 5.62. The molecule has 1 heterocycles. The van der Waals surface area contributed by atoms with Gasteiger partial charge in [0.1, 0.15) is 6.04 Å². The second-order valence-corrected chi connectivity index (χ2v) is 9.27. The third-order valence-corrected chi connectivity index (χ3v) is 6.73. The van der Waals surface area contributed by atoms with Crippen LogP contribution < -0.4 is 4.90 Å². The number of hydrogen-bond donors (Lipinski definition) is 0. The summed E-state index contributed by atoms with van der Waals surface area (Å²) in [4.78, 5) is 19.6. The van der Waals surface area contributed by atoms with Crippen molar-refractivity contribution >= 4 is 28.6 Å². The standard InChI is InChI=1S/C27H28F3N3O2S/c1-4-6-7-15-36-26-32-24(20-13-11-19(17-31)12-14-20)23(25(34)35-5-2)18(3)33(26)22-10-8-9-21(16-22)27(28,29)30/h8-14,16,24H,4-7,15H2,1-3H3. The molecule has 5 nitrogen and oxygen atoms in total. The molecule has 3 rings (SSSR count).